The molecule has 0 spiro atoms. The van der Waals surface area contributed by atoms with E-state index >= 15 is 0 Å². The number of rotatable bonds is 6. The summed E-state index contributed by atoms with van der Waals surface area (Å²) in [5, 5.41) is 12.3. The summed E-state index contributed by atoms with van der Waals surface area (Å²) in [5.74, 6) is -0.195. The number of carboxylic acids is 1. The average Bonchev–Trinajstić information content (AvgIpc) is 3.33. The molecular weight excluding hydrogens is 416 g/mol. The zero-order valence-electron chi connectivity index (χ0n) is 18.0. The molecule has 0 aliphatic carbocycles. The number of fused-ring (bicyclic) bond motifs is 1. The van der Waals surface area contributed by atoms with Crippen molar-refractivity contribution in [2.45, 2.75) is 0 Å². The molecule has 1 fully saturated rings. The average molecular weight is 441 g/mol. The summed E-state index contributed by atoms with van der Waals surface area (Å²) in [4.78, 5) is 17.9. The molecule has 4 aromatic rings. The van der Waals surface area contributed by atoms with Crippen molar-refractivity contribution in [1.82, 2.24) is 9.38 Å². The van der Waals surface area contributed by atoms with Crippen LogP contribution in [0.15, 0.2) is 79.1 Å². The summed E-state index contributed by atoms with van der Waals surface area (Å²) in [6, 6.07) is 20.1. The number of carboxylic acid groups (broad SMARTS) is 1. The predicted molar refractivity (Wildman–Crippen MR) is 130 cm³/mol. The highest BCUT2D eigenvalue weighted by atomic mass is 16.5. The first kappa shape index (κ1) is 20.8. The maximum atomic E-state index is 10.7. The van der Waals surface area contributed by atoms with Gasteiger partial charge in [0.15, 0.2) is 5.82 Å². The van der Waals surface area contributed by atoms with Gasteiger partial charge in [-0.3, -0.25) is 0 Å². The van der Waals surface area contributed by atoms with Crippen LogP contribution in [0.3, 0.4) is 0 Å². The van der Waals surface area contributed by atoms with E-state index in [4.69, 9.17) is 14.8 Å². The molecule has 1 aliphatic heterocycles. The molecular formula is C26H24N4O3. The van der Waals surface area contributed by atoms with Crippen molar-refractivity contribution in [3.63, 3.8) is 0 Å². The van der Waals surface area contributed by atoms with Gasteiger partial charge in [-0.15, -0.1) is 0 Å². The third kappa shape index (κ3) is 4.73. The van der Waals surface area contributed by atoms with Crippen molar-refractivity contribution in [2.75, 3.05) is 36.5 Å². The number of anilines is 3. The molecule has 0 saturated carbocycles. The van der Waals surface area contributed by atoms with Gasteiger partial charge in [0.05, 0.1) is 24.4 Å². The van der Waals surface area contributed by atoms with Crippen LogP contribution in [0.5, 0.6) is 0 Å². The Hall–Kier alpha value is -4.10. The van der Waals surface area contributed by atoms with Gasteiger partial charge in [0.25, 0.3) is 0 Å². The van der Waals surface area contributed by atoms with Crippen LogP contribution in [0.4, 0.5) is 17.2 Å². The normalized spacial score (nSPS) is 14.1. The lowest BCUT2D eigenvalue weighted by atomic mass is 10.1. The number of aliphatic carboxylic acids is 1. The Balaban J connectivity index is 1.40. The van der Waals surface area contributed by atoms with E-state index in [1.54, 1.807) is 6.08 Å². The fourth-order valence-electron chi connectivity index (χ4n) is 3.92. The first-order valence-corrected chi connectivity index (χ1v) is 10.8. The molecule has 2 N–H and O–H groups in total. The first-order valence-electron chi connectivity index (χ1n) is 10.8. The highest BCUT2D eigenvalue weighted by molar-refractivity contribution is 5.85. The summed E-state index contributed by atoms with van der Waals surface area (Å²) >= 11 is 0. The minimum Gasteiger partial charge on any atom is -0.478 e. The zero-order valence-corrected chi connectivity index (χ0v) is 18.0. The Labute approximate surface area is 191 Å². The monoisotopic (exact) mass is 440 g/mol. The molecule has 1 aliphatic rings. The Kier molecular flexibility index (Phi) is 5.78. The number of benzene rings is 2. The highest BCUT2D eigenvalue weighted by Gasteiger charge is 2.12. The van der Waals surface area contributed by atoms with E-state index in [2.05, 4.69) is 34.5 Å². The summed E-state index contributed by atoms with van der Waals surface area (Å²) in [7, 11) is 0. The van der Waals surface area contributed by atoms with E-state index in [1.807, 2.05) is 53.2 Å². The molecule has 0 bridgehead atoms. The first-order chi connectivity index (χ1) is 16.2. The number of ether oxygens (including phenoxy) is 1. The van der Waals surface area contributed by atoms with Crippen molar-refractivity contribution in [1.29, 1.82) is 0 Å². The van der Waals surface area contributed by atoms with Gasteiger partial charge in [-0.2, -0.15) is 0 Å². The van der Waals surface area contributed by atoms with Crippen LogP contribution >= 0.6 is 0 Å². The van der Waals surface area contributed by atoms with Gasteiger partial charge < -0.3 is 24.5 Å². The maximum absolute atomic E-state index is 10.7. The van der Waals surface area contributed by atoms with Crippen LogP contribution in [-0.4, -0.2) is 46.8 Å². The molecule has 2 aromatic heterocycles. The fourth-order valence-corrected chi connectivity index (χ4v) is 3.92. The Morgan fingerprint density at radius 2 is 1.79 bits per heavy atom. The van der Waals surface area contributed by atoms with Crippen LogP contribution in [0.25, 0.3) is 22.9 Å². The van der Waals surface area contributed by atoms with E-state index in [1.165, 1.54) is 5.69 Å². The molecule has 0 amide bonds. The minimum atomic E-state index is -0.965. The Morgan fingerprint density at radius 3 is 2.52 bits per heavy atom. The van der Waals surface area contributed by atoms with E-state index in [0.717, 1.165) is 66.2 Å². The molecule has 0 radical (unpaired) electrons. The van der Waals surface area contributed by atoms with Crippen LogP contribution < -0.4 is 10.2 Å². The number of nitrogens with zero attached hydrogens (tertiary/aromatic N) is 3. The summed E-state index contributed by atoms with van der Waals surface area (Å²) in [5.41, 5.74) is 5.73. The zero-order chi connectivity index (χ0) is 22.6. The van der Waals surface area contributed by atoms with Crippen molar-refractivity contribution in [2.24, 2.45) is 0 Å². The van der Waals surface area contributed by atoms with E-state index < -0.39 is 5.97 Å². The number of aromatic nitrogens is 2. The van der Waals surface area contributed by atoms with Crippen molar-refractivity contribution in [3.8, 4) is 11.3 Å². The number of hydrogen-bond acceptors (Lipinski definition) is 5. The quantitative estimate of drug-likeness (QED) is 0.424. The van der Waals surface area contributed by atoms with Crippen molar-refractivity contribution >= 4 is 34.8 Å². The fraction of sp³-hybridized carbons (Fsp3) is 0.154. The molecule has 0 unspecified atom stereocenters. The number of hydrogen-bond donors (Lipinski definition) is 2. The molecule has 7 heteroatoms. The summed E-state index contributed by atoms with van der Waals surface area (Å²) in [6.45, 7) is 3.34. The molecule has 7 nitrogen and oxygen atoms in total. The number of morpholine rings is 1. The lowest BCUT2D eigenvalue weighted by molar-refractivity contribution is -0.131. The van der Waals surface area contributed by atoms with Gasteiger partial charge in [0, 0.05) is 48.5 Å². The SMILES string of the molecule is O=C(O)/C=C/c1ccc(-c2cn3cccc3c(Nc3ccc(N4CCOCC4)cc3)n2)cc1. The van der Waals surface area contributed by atoms with Gasteiger partial charge in [-0.1, -0.05) is 24.3 Å². The Bertz CT molecular complexity index is 1290. The minimum absolute atomic E-state index is 0.764. The third-order valence-electron chi connectivity index (χ3n) is 5.65. The lowest BCUT2D eigenvalue weighted by Crippen LogP contribution is -2.36. The highest BCUT2D eigenvalue weighted by Crippen LogP contribution is 2.27. The maximum Gasteiger partial charge on any atom is 0.328 e. The van der Waals surface area contributed by atoms with Crippen LogP contribution in [0.1, 0.15) is 5.56 Å². The van der Waals surface area contributed by atoms with Crippen LogP contribution in [0.2, 0.25) is 0 Å². The van der Waals surface area contributed by atoms with Gasteiger partial charge in [-0.05, 0) is 48.0 Å². The molecule has 5 rings (SSSR count). The van der Waals surface area contributed by atoms with Gasteiger partial charge in [0.1, 0.15) is 0 Å². The van der Waals surface area contributed by atoms with Crippen LogP contribution in [-0.2, 0) is 9.53 Å². The topological polar surface area (TPSA) is 79.1 Å². The smallest absolute Gasteiger partial charge is 0.328 e. The standard InChI is InChI=1S/C26H24N4O3/c31-25(32)12-5-19-3-6-20(7-4-19)23-18-30-13-1-2-24(30)26(28-23)27-21-8-10-22(11-9-21)29-14-16-33-17-15-29/h1-13,18H,14-17H2,(H,27,28)(H,31,32)/b12-5+. The molecule has 166 valence electrons. The molecule has 33 heavy (non-hydrogen) atoms. The van der Waals surface area contributed by atoms with E-state index in [-0.39, 0.29) is 0 Å². The number of carbonyl (C=O) groups is 1. The van der Waals surface area contributed by atoms with Gasteiger partial charge in [-0.25, -0.2) is 9.78 Å². The summed E-state index contributed by atoms with van der Waals surface area (Å²) < 4.78 is 7.49. The predicted octanol–water partition coefficient (Wildman–Crippen LogP) is 4.68. The van der Waals surface area contributed by atoms with Crippen molar-refractivity contribution < 1.29 is 14.6 Å². The largest absolute Gasteiger partial charge is 0.478 e. The Morgan fingerprint density at radius 1 is 1.03 bits per heavy atom. The van der Waals surface area contributed by atoms with E-state index in [0.29, 0.717) is 0 Å². The van der Waals surface area contributed by atoms with Gasteiger partial charge >= 0.3 is 5.97 Å². The third-order valence-corrected chi connectivity index (χ3v) is 5.65. The lowest BCUT2D eigenvalue weighted by Gasteiger charge is -2.28. The second-order valence-corrected chi connectivity index (χ2v) is 7.84. The molecule has 2 aromatic carbocycles. The van der Waals surface area contributed by atoms with Crippen molar-refractivity contribution in [3.05, 3.63) is 84.7 Å². The number of nitrogens with one attached hydrogen (secondary N) is 1. The molecule has 3 heterocycles. The van der Waals surface area contributed by atoms with Gasteiger partial charge in [0.2, 0.25) is 0 Å². The molecule has 0 atom stereocenters. The van der Waals surface area contributed by atoms with E-state index in [9.17, 15) is 4.79 Å². The second kappa shape index (κ2) is 9.18. The van der Waals surface area contributed by atoms with Crippen LogP contribution in [0, 0.1) is 0 Å². The molecule has 1 saturated heterocycles. The second-order valence-electron chi connectivity index (χ2n) is 7.84. The summed E-state index contributed by atoms with van der Waals surface area (Å²) in [6.07, 6.45) is 6.69.